The molecule has 0 radical (unpaired) electrons. The molecule has 1 N–H and O–H groups in total. The molecule has 6 nitrogen and oxygen atoms in total. The molecule has 1 amide bonds. The number of methoxy groups -OCH3 is 1. The van der Waals surface area contributed by atoms with Gasteiger partial charge in [-0.1, -0.05) is 36.4 Å². The van der Waals surface area contributed by atoms with Gasteiger partial charge in [-0.2, -0.15) is 0 Å². The Morgan fingerprint density at radius 3 is 2.29 bits per heavy atom. The molecule has 1 heterocycles. The summed E-state index contributed by atoms with van der Waals surface area (Å²) in [7, 11) is 1.60. The molecule has 0 bridgehead atoms. The normalized spacial score (nSPS) is 10.8. The Hall–Kier alpha value is -4.06. The number of ether oxygens (including phenoxy) is 1. The lowest BCUT2D eigenvalue weighted by molar-refractivity contribution is 0.0954. The van der Waals surface area contributed by atoms with Crippen LogP contribution in [-0.4, -0.2) is 37.2 Å². The van der Waals surface area contributed by atoms with Gasteiger partial charge in [-0.25, -0.2) is 0 Å². The minimum Gasteiger partial charge on any atom is -0.497 e. The fourth-order valence-electron chi connectivity index (χ4n) is 4.08. The summed E-state index contributed by atoms with van der Waals surface area (Å²) < 4.78 is 6.74. The number of aromatic nitrogens is 1. The molecule has 4 aromatic rings. The molecule has 0 spiro atoms. The van der Waals surface area contributed by atoms with E-state index in [4.69, 9.17) is 4.74 Å². The number of benzene rings is 3. The summed E-state index contributed by atoms with van der Waals surface area (Å²) in [5.74, 6) is 0.508. The monoisotopic (exact) mass is 455 g/mol. The molecular weight excluding hydrogens is 426 g/mol. The molecule has 174 valence electrons. The third-order valence-corrected chi connectivity index (χ3v) is 5.91. The first-order valence-electron chi connectivity index (χ1n) is 11.5. The van der Waals surface area contributed by atoms with Crippen molar-refractivity contribution >= 4 is 22.4 Å². The quantitative estimate of drug-likeness (QED) is 0.373. The molecule has 4 rings (SSSR count). The van der Waals surface area contributed by atoms with Gasteiger partial charge in [-0.15, -0.1) is 0 Å². The Bertz CT molecular complexity index is 1310. The number of nitrogens with zero attached hydrogens (tertiary/aromatic N) is 2. The lowest BCUT2D eigenvalue weighted by Crippen LogP contribution is -2.31. The van der Waals surface area contributed by atoms with E-state index in [9.17, 15) is 9.59 Å². The van der Waals surface area contributed by atoms with Crippen LogP contribution in [0.25, 0.3) is 16.5 Å². The molecule has 0 fully saturated rings. The van der Waals surface area contributed by atoms with Crippen molar-refractivity contribution in [3.05, 3.63) is 101 Å². The molecule has 6 heteroatoms. The number of anilines is 1. The predicted octanol–water partition coefficient (Wildman–Crippen LogP) is 4.65. The van der Waals surface area contributed by atoms with Gasteiger partial charge in [0, 0.05) is 48.0 Å². The summed E-state index contributed by atoms with van der Waals surface area (Å²) in [6, 6.07) is 24.7. The topological polar surface area (TPSA) is 63.6 Å². The zero-order valence-corrected chi connectivity index (χ0v) is 19.5. The minimum atomic E-state index is -0.193. The third-order valence-electron chi connectivity index (χ3n) is 5.91. The van der Waals surface area contributed by atoms with E-state index in [1.165, 1.54) is 10.3 Å². The summed E-state index contributed by atoms with van der Waals surface area (Å²) in [4.78, 5) is 28.6. The maximum absolute atomic E-state index is 13.2. The van der Waals surface area contributed by atoms with Crippen molar-refractivity contribution < 1.29 is 9.53 Å². The van der Waals surface area contributed by atoms with E-state index in [1.807, 2.05) is 36.4 Å². The van der Waals surface area contributed by atoms with Gasteiger partial charge in [0.15, 0.2) is 0 Å². The highest BCUT2D eigenvalue weighted by atomic mass is 16.5. The predicted molar refractivity (Wildman–Crippen MR) is 137 cm³/mol. The number of pyridine rings is 1. The molecule has 0 aliphatic rings. The average Bonchev–Trinajstić information content (AvgIpc) is 2.89. The average molecular weight is 456 g/mol. The summed E-state index contributed by atoms with van der Waals surface area (Å²) in [5.41, 5.74) is 2.15. The van der Waals surface area contributed by atoms with Crippen LogP contribution in [0.15, 0.2) is 89.9 Å². The Morgan fingerprint density at radius 1 is 0.941 bits per heavy atom. The summed E-state index contributed by atoms with van der Waals surface area (Å²) >= 11 is 0. The summed E-state index contributed by atoms with van der Waals surface area (Å²) in [5, 5.41) is 4.19. The van der Waals surface area contributed by atoms with Gasteiger partial charge in [-0.3, -0.25) is 14.2 Å². The van der Waals surface area contributed by atoms with Gasteiger partial charge in [0.1, 0.15) is 5.75 Å². The second kappa shape index (κ2) is 10.7. The SMILES string of the molecule is CCN(CCCNC(=O)c1cn(-c2ccc(OC)cc2)c(=O)c2ccccc12)c1ccccc1. The highest BCUT2D eigenvalue weighted by Crippen LogP contribution is 2.19. The number of carbonyl (C=O) groups is 1. The second-order valence-corrected chi connectivity index (χ2v) is 7.99. The molecule has 0 unspecified atom stereocenters. The minimum absolute atomic E-state index is 0.168. The third kappa shape index (κ3) is 4.96. The van der Waals surface area contributed by atoms with Crippen molar-refractivity contribution in [1.82, 2.24) is 9.88 Å². The van der Waals surface area contributed by atoms with Crippen LogP contribution in [0.1, 0.15) is 23.7 Å². The van der Waals surface area contributed by atoms with E-state index in [2.05, 4.69) is 29.3 Å². The molecule has 0 aliphatic heterocycles. The van der Waals surface area contributed by atoms with E-state index >= 15 is 0 Å². The van der Waals surface area contributed by atoms with E-state index in [-0.39, 0.29) is 11.5 Å². The molecule has 0 saturated carbocycles. The largest absolute Gasteiger partial charge is 0.497 e. The lowest BCUT2D eigenvalue weighted by Gasteiger charge is -2.23. The number of fused-ring (bicyclic) bond motifs is 1. The first-order chi connectivity index (χ1) is 16.6. The zero-order valence-electron chi connectivity index (χ0n) is 19.5. The Kier molecular flexibility index (Phi) is 7.28. The summed E-state index contributed by atoms with van der Waals surface area (Å²) in [6.07, 6.45) is 2.44. The maximum Gasteiger partial charge on any atom is 0.262 e. The van der Waals surface area contributed by atoms with Crippen LogP contribution >= 0.6 is 0 Å². The van der Waals surface area contributed by atoms with Gasteiger partial charge in [0.05, 0.1) is 12.7 Å². The van der Waals surface area contributed by atoms with E-state index in [0.717, 1.165) is 19.5 Å². The molecule has 0 aliphatic carbocycles. The van der Waals surface area contributed by atoms with Crippen molar-refractivity contribution in [3.8, 4) is 11.4 Å². The van der Waals surface area contributed by atoms with Gasteiger partial charge < -0.3 is 15.0 Å². The van der Waals surface area contributed by atoms with Gasteiger partial charge in [0.2, 0.25) is 0 Å². The number of carbonyl (C=O) groups excluding carboxylic acids is 1. The van der Waals surface area contributed by atoms with Crippen LogP contribution in [-0.2, 0) is 0 Å². The molecule has 0 saturated heterocycles. The van der Waals surface area contributed by atoms with Crippen LogP contribution in [0.2, 0.25) is 0 Å². The zero-order chi connectivity index (χ0) is 23.9. The van der Waals surface area contributed by atoms with Crippen LogP contribution in [0.4, 0.5) is 5.69 Å². The maximum atomic E-state index is 13.2. The van der Waals surface area contributed by atoms with Crippen LogP contribution in [0.3, 0.4) is 0 Å². The van der Waals surface area contributed by atoms with Crippen molar-refractivity contribution in [3.63, 3.8) is 0 Å². The number of hydrogen-bond acceptors (Lipinski definition) is 4. The molecule has 0 atom stereocenters. The Labute approximate surface area is 199 Å². The molecule has 34 heavy (non-hydrogen) atoms. The molecule has 3 aromatic carbocycles. The van der Waals surface area contributed by atoms with E-state index < -0.39 is 0 Å². The highest BCUT2D eigenvalue weighted by molar-refractivity contribution is 6.06. The Balaban J connectivity index is 1.54. The number of amides is 1. The Morgan fingerprint density at radius 2 is 1.62 bits per heavy atom. The van der Waals surface area contributed by atoms with Crippen molar-refractivity contribution in [2.24, 2.45) is 0 Å². The van der Waals surface area contributed by atoms with E-state index in [0.29, 0.717) is 34.3 Å². The second-order valence-electron chi connectivity index (χ2n) is 7.99. The van der Waals surface area contributed by atoms with Crippen molar-refractivity contribution in [2.45, 2.75) is 13.3 Å². The first kappa shape index (κ1) is 23.1. The molecule has 1 aromatic heterocycles. The lowest BCUT2D eigenvalue weighted by atomic mass is 10.1. The van der Waals surface area contributed by atoms with Gasteiger partial charge >= 0.3 is 0 Å². The number of nitrogens with one attached hydrogen (secondary N) is 1. The van der Waals surface area contributed by atoms with Crippen LogP contribution in [0.5, 0.6) is 5.75 Å². The van der Waals surface area contributed by atoms with Crippen LogP contribution in [0, 0.1) is 0 Å². The molecular formula is C28H29N3O3. The number of rotatable bonds is 9. The standard InChI is InChI=1S/C28H29N3O3/c1-3-30(21-10-5-4-6-11-21)19-9-18-29-27(32)26-20-31(22-14-16-23(34-2)17-15-22)28(33)25-13-8-7-12-24(25)26/h4-8,10-17,20H,3,9,18-19H2,1-2H3,(H,29,32). The van der Waals surface area contributed by atoms with Gasteiger partial charge in [0.25, 0.3) is 11.5 Å². The van der Waals surface area contributed by atoms with Crippen molar-refractivity contribution in [1.29, 1.82) is 0 Å². The number of para-hydroxylation sites is 1. The number of hydrogen-bond donors (Lipinski definition) is 1. The van der Waals surface area contributed by atoms with Crippen molar-refractivity contribution in [2.75, 3.05) is 31.6 Å². The highest BCUT2D eigenvalue weighted by Gasteiger charge is 2.15. The summed E-state index contributed by atoms with van der Waals surface area (Å²) in [6.45, 7) is 4.40. The van der Waals surface area contributed by atoms with Crippen LogP contribution < -0.4 is 20.5 Å². The fourth-order valence-corrected chi connectivity index (χ4v) is 4.08. The van der Waals surface area contributed by atoms with E-state index in [1.54, 1.807) is 43.6 Å². The fraction of sp³-hybridized carbons (Fsp3) is 0.214. The van der Waals surface area contributed by atoms with Gasteiger partial charge in [-0.05, 0) is 55.8 Å². The first-order valence-corrected chi connectivity index (χ1v) is 11.5. The smallest absolute Gasteiger partial charge is 0.262 e.